The van der Waals surface area contributed by atoms with Crippen LogP contribution in [0, 0.1) is 0 Å². The highest BCUT2D eigenvalue weighted by Gasteiger charge is 2.41. The van der Waals surface area contributed by atoms with Crippen molar-refractivity contribution in [3.8, 4) is 0 Å². The van der Waals surface area contributed by atoms with Crippen LogP contribution in [0.2, 0.25) is 0 Å². The van der Waals surface area contributed by atoms with E-state index in [-0.39, 0.29) is 5.56 Å². The molecule has 0 spiro atoms. The number of hydrogen-bond acceptors (Lipinski definition) is 0. The highest BCUT2D eigenvalue weighted by atomic mass is 19.4. The molecule has 0 nitrogen and oxygen atoms in total. The summed E-state index contributed by atoms with van der Waals surface area (Å²) in [5.41, 5.74) is 4.28. The van der Waals surface area contributed by atoms with Crippen LogP contribution < -0.4 is 0 Å². The van der Waals surface area contributed by atoms with Gasteiger partial charge < -0.3 is 0 Å². The molecular formula is C16H19F3. The molecule has 3 rings (SSSR count). The first kappa shape index (κ1) is 13.0. The second kappa shape index (κ2) is 4.26. The molecule has 0 unspecified atom stereocenters. The summed E-state index contributed by atoms with van der Waals surface area (Å²) in [6.45, 7) is 4.22. The highest BCUT2D eigenvalue weighted by Crippen LogP contribution is 2.47. The van der Waals surface area contributed by atoms with Crippen LogP contribution in [-0.4, -0.2) is 0 Å². The van der Waals surface area contributed by atoms with E-state index in [0.717, 1.165) is 36.8 Å². The Kier molecular flexibility index (Phi) is 2.91. The number of alkyl halides is 3. The van der Waals surface area contributed by atoms with Gasteiger partial charge in [0.15, 0.2) is 0 Å². The van der Waals surface area contributed by atoms with Crippen molar-refractivity contribution in [3.63, 3.8) is 0 Å². The molecular weight excluding hydrogens is 249 g/mol. The number of hydrogen-bond donors (Lipinski definition) is 0. The van der Waals surface area contributed by atoms with Gasteiger partial charge in [0, 0.05) is 0 Å². The van der Waals surface area contributed by atoms with Crippen LogP contribution in [0.1, 0.15) is 66.0 Å². The van der Waals surface area contributed by atoms with E-state index in [9.17, 15) is 13.2 Å². The third-order valence-corrected chi connectivity index (χ3v) is 4.55. The Hall–Kier alpha value is -0.990. The lowest BCUT2D eigenvalue weighted by Crippen LogP contribution is -2.16. The molecule has 0 amide bonds. The van der Waals surface area contributed by atoms with Crippen LogP contribution in [0.3, 0.4) is 0 Å². The van der Waals surface area contributed by atoms with E-state index in [0.29, 0.717) is 29.9 Å². The topological polar surface area (TPSA) is 0 Å². The molecule has 0 atom stereocenters. The molecule has 19 heavy (non-hydrogen) atoms. The first-order chi connectivity index (χ1) is 8.91. The van der Waals surface area contributed by atoms with Crippen molar-refractivity contribution in [1.29, 1.82) is 0 Å². The molecule has 104 valence electrons. The molecule has 0 heterocycles. The molecule has 2 aliphatic carbocycles. The molecule has 0 aliphatic heterocycles. The minimum absolute atomic E-state index is 0.267. The molecule has 0 radical (unpaired) electrons. The van der Waals surface area contributed by atoms with Crippen molar-refractivity contribution in [2.45, 2.75) is 64.5 Å². The van der Waals surface area contributed by atoms with E-state index in [4.69, 9.17) is 0 Å². The predicted octanol–water partition coefficient (Wildman–Crippen LogP) is 4.81. The van der Waals surface area contributed by atoms with Crippen LogP contribution in [0.25, 0.3) is 0 Å². The van der Waals surface area contributed by atoms with Crippen molar-refractivity contribution in [2.24, 2.45) is 0 Å². The lowest BCUT2D eigenvalue weighted by atomic mass is 9.84. The molecule has 0 fully saturated rings. The molecule has 0 bridgehead atoms. The largest absolute Gasteiger partial charge is 0.416 e. The second-order valence-electron chi connectivity index (χ2n) is 6.06. The van der Waals surface area contributed by atoms with Gasteiger partial charge in [-0.05, 0) is 72.3 Å². The third-order valence-electron chi connectivity index (χ3n) is 4.55. The molecule has 2 aliphatic rings. The highest BCUT2D eigenvalue weighted by molar-refractivity contribution is 5.57. The molecule has 1 aromatic rings. The Morgan fingerprint density at radius 3 is 1.58 bits per heavy atom. The first-order valence-electron chi connectivity index (χ1n) is 7.17. The fourth-order valence-corrected chi connectivity index (χ4v) is 4.04. The van der Waals surface area contributed by atoms with Crippen LogP contribution in [0.15, 0.2) is 0 Å². The van der Waals surface area contributed by atoms with E-state index in [2.05, 4.69) is 13.8 Å². The quantitative estimate of drug-likeness (QED) is 0.686. The van der Waals surface area contributed by atoms with E-state index >= 15 is 0 Å². The Balaban J connectivity index is 2.35. The van der Waals surface area contributed by atoms with Crippen LogP contribution >= 0.6 is 0 Å². The molecule has 0 aromatic heterocycles. The lowest BCUT2D eigenvalue weighted by Gasteiger charge is -2.23. The van der Waals surface area contributed by atoms with E-state index in [1.54, 1.807) is 0 Å². The fourth-order valence-electron chi connectivity index (χ4n) is 4.04. The van der Waals surface area contributed by atoms with Gasteiger partial charge in [-0.15, -0.1) is 0 Å². The Morgan fingerprint density at radius 1 is 0.789 bits per heavy atom. The number of halogens is 3. The fraction of sp³-hybridized carbons (Fsp3) is 0.625. The Labute approximate surface area is 112 Å². The van der Waals surface area contributed by atoms with Crippen molar-refractivity contribution in [3.05, 3.63) is 33.4 Å². The van der Waals surface area contributed by atoms with Crippen LogP contribution in [-0.2, 0) is 31.9 Å². The maximum Gasteiger partial charge on any atom is 0.416 e. The summed E-state index contributed by atoms with van der Waals surface area (Å²) in [7, 11) is 0. The molecule has 0 N–H and O–H groups in total. The maximum atomic E-state index is 13.4. The van der Waals surface area contributed by atoms with Crippen molar-refractivity contribution in [1.82, 2.24) is 0 Å². The van der Waals surface area contributed by atoms with Crippen molar-refractivity contribution < 1.29 is 13.2 Å². The van der Waals surface area contributed by atoms with Gasteiger partial charge in [-0.3, -0.25) is 0 Å². The predicted molar refractivity (Wildman–Crippen MR) is 69.6 cm³/mol. The first-order valence-corrected chi connectivity index (χ1v) is 7.17. The van der Waals surface area contributed by atoms with Gasteiger partial charge in [0.2, 0.25) is 0 Å². The zero-order chi connectivity index (χ0) is 13.8. The van der Waals surface area contributed by atoms with Crippen LogP contribution in [0.5, 0.6) is 0 Å². The minimum atomic E-state index is -4.18. The smallest absolute Gasteiger partial charge is 0.166 e. The lowest BCUT2D eigenvalue weighted by molar-refractivity contribution is -0.138. The Bertz CT molecular complexity index is 489. The summed E-state index contributed by atoms with van der Waals surface area (Å²) in [6, 6.07) is 0. The molecule has 0 saturated carbocycles. The minimum Gasteiger partial charge on any atom is -0.166 e. The van der Waals surface area contributed by atoms with E-state index in [1.807, 2.05) is 0 Å². The maximum absolute atomic E-state index is 13.4. The monoisotopic (exact) mass is 268 g/mol. The number of rotatable bonds is 1. The van der Waals surface area contributed by atoms with Crippen LogP contribution in [0.4, 0.5) is 13.2 Å². The molecule has 0 saturated heterocycles. The van der Waals surface area contributed by atoms with E-state index in [1.165, 1.54) is 5.56 Å². The number of benzene rings is 1. The standard InChI is InChI=1S/C16H19F3/c1-9(2)14-10-5-3-7-12(10)15(16(17,18)19)13-8-4-6-11(13)14/h9H,3-8H2,1-2H3. The average Bonchev–Trinajstić information content (AvgIpc) is 2.89. The van der Waals surface area contributed by atoms with Gasteiger partial charge in [-0.2, -0.15) is 13.2 Å². The average molecular weight is 268 g/mol. The van der Waals surface area contributed by atoms with Crippen molar-refractivity contribution >= 4 is 0 Å². The summed E-state index contributed by atoms with van der Waals surface area (Å²) in [4.78, 5) is 0. The van der Waals surface area contributed by atoms with Crippen molar-refractivity contribution in [2.75, 3.05) is 0 Å². The van der Waals surface area contributed by atoms with Gasteiger partial charge in [0.1, 0.15) is 0 Å². The zero-order valence-corrected chi connectivity index (χ0v) is 11.5. The SMILES string of the molecule is CC(C)c1c2c(c(C(F)(F)F)c3c1CCC3)CCC2. The summed E-state index contributed by atoms with van der Waals surface area (Å²) in [5.74, 6) is 0.334. The second-order valence-corrected chi connectivity index (χ2v) is 6.06. The van der Waals surface area contributed by atoms with Gasteiger partial charge in [0.25, 0.3) is 0 Å². The van der Waals surface area contributed by atoms with Gasteiger partial charge in [0.05, 0.1) is 5.56 Å². The third kappa shape index (κ3) is 1.89. The van der Waals surface area contributed by atoms with Gasteiger partial charge in [-0.25, -0.2) is 0 Å². The van der Waals surface area contributed by atoms with E-state index < -0.39 is 6.18 Å². The summed E-state index contributed by atoms with van der Waals surface area (Å²) >= 11 is 0. The number of fused-ring (bicyclic) bond motifs is 2. The summed E-state index contributed by atoms with van der Waals surface area (Å²) in [6.07, 6.45) is 0.452. The summed E-state index contributed by atoms with van der Waals surface area (Å²) in [5, 5.41) is 0. The molecule has 1 aromatic carbocycles. The molecule has 3 heteroatoms. The van der Waals surface area contributed by atoms with Gasteiger partial charge in [-0.1, -0.05) is 13.8 Å². The zero-order valence-electron chi connectivity index (χ0n) is 11.5. The van der Waals surface area contributed by atoms with Gasteiger partial charge >= 0.3 is 6.18 Å². The Morgan fingerprint density at radius 2 is 1.21 bits per heavy atom. The summed E-state index contributed by atoms with van der Waals surface area (Å²) < 4.78 is 40.3. The normalized spacial score (nSPS) is 18.0.